The van der Waals surface area contributed by atoms with Crippen LogP contribution in [0.1, 0.15) is 99.2 Å². The minimum atomic E-state index is 0.0855. The Labute approximate surface area is 326 Å². The van der Waals surface area contributed by atoms with E-state index in [0.29, 0.717) is 11.8 Å². The highest BCUT2D eigenvalue weighted by molar-refractivity contribution is 5.83. The predicted molar refractivity (Wildman–Crippen MR) is 236 cm³/mol. The van der Waals surface area contributed by atoms with Crippen molar-refractivity contribution in [2.24, 2.45) is 5.92 Å². The van der Waals surface area contributed by atoms with Crippen LogP contribution in [0.15, 0.2) is 133 Å². The van der Waals surface area contributed by atoms with Crippen LogP contribution >= 0.6 is 0 Å². The van der Waals surface area contributed by atoms with E-state index in [4.69, 9.17) is 0 Å². The van der Waals surface area contributed by atoms with Gasteiger partial charge in [-0.05, 0) is 151 Å². The Balaban J connectivity index is 1.37. The second-order valence-electron chi connectivity index (χ2n) is 16.7. The molecule has 0 bridgehead atoms. The Morgan fingerprint density at radius 2 is 1.07 bits per heavy atom. The van der Waals surface area contributed by atoms with E-state index in [0.717, 1.165) is 17.1 Å². The first kappa shape index (κ1) is 38.6. The average molecular weight is 713 g/mol. The summed E-state index contributed by atoms with van der Waals surface area (Å²) in [6.07, 6.45) is 13.7. The summed E-state index contributed by atoms with van der Waals surface area (Å²) in [4.78, 5) is 4.86. The summed E-state index contributed by atoms with van der Waals surface area (Å²) < 4.78 is 0. The monoisotopic (exact) mass is 712 g/mol. The maximum atomic E-state index is 2.43. The van der Waals surface area contributed by atoms with Crippen molar-refractivity contribution in [3.05, 3.63) is 172 Å². The topological polar surface area (TPSA) is 6.48 Å². The minimum absolute atomic E-state index is 0.0855. The summed E-state index contributed by atoms with van der Waals surface area (Å²) in [6, 6.07) is 36.7. The highest BCUT2D eigenvalue weighted by atomic mass is 15.2. The van der Waals surface area contributed by atoms with Gasteiger partial charge in [-0.1, -0.05) is 132 Å². The number of rotatable bonds is 10. The van der Waals surface area contributed by atoms with Crippen LogP contribution in [-0.2, 0) is 5.41 Å². The van der Waals surface area contributed by atoms with Crippen molar-refractivity contribution in [3.8, 4) is 11.1 Å². The van der Waals surface area contributed by atoms with Crippen LogP contribution in [0.2, 0.25) is 0 Å². The molecule has 6 rings (SSSR count). The highest BCUT2D eigenvalue weighted by Gasteiger charge is 2.23. The van der Waals surface area contributed by atoms with E-state index in [-0.39, 0.29) is 5.41 Å². The van der Waals surface area contributed by atoms with Gasteiger partial charge in [0, 0.05) is 22.8 Å². The highest BCUT2D eigenvalue weighted by Crippen LogP contribution is 2.42. The average Bonchev–Trinajstić information content (AvgIpc) is 3.35. The van der Waals surface area contributed by atoms with Crippen molar-refractivity contribution in [3.63, 3.8) is 0 Å². The van der Waals surface area contributed by atoms with Crippen molar-refractivity contribution >= 4 is 28.4 Å². The van der Waals surface area contributed by atoms with E-state index < -0.39 is 0 Å². The fraction of sp³-hybridized carbons (Fsp3) is 0.308. The Morgan fingerprint density at radius 3 is 1.57 bits per heavy atom. The van der Waals surface area contributed by atoms with E-state index in [1.54, 1.807) is 0 Å². The van der Waals surface area contributed by atoms with Gasteiger partial charge in [0.05, 0.1) is 11.4 Å². The third-order valence-corrected chi connectivity index (χ3v) is 11.0. The van der Waals surface area contributed by atoms with Gasteiger partial charge in [0.15, 0.2) is 0 Å². The van der Waals surface area contributed by atoms with E-state index in [9.17, 15) is 0 Å². The molecule has 0 aliphatic heterocycles. The van der Waals surface area contributed by atoms with Crippen LogP contribution in [0.4, 0.5) is 28.4 Å². The summed E-state index contributed by atoms with van der Waals surface area (Å²) in [6.45, 7) is 24.9. The molecule has 0 fully saturated rings. The van der Waals surface area contributed by atoms with Gasteiger partial charge in [-0.15, -0.1) is 0 Å². The van der Waals surface area contributed by atoms with Crippen LogP contribution in [-0.4, -0.2) is 0 Å². The lowest BCUT2D eigenvalue weighted by Crippen LogP contribution is -2.19. The standard InChI is InChI=1S/C52H60N2/c1-12-14-37(4)44-31-38(5)50(39(6)32-44)54(47-25-18-36(3)19-26-47)49-29-22-43(23-30-49)42-20-27-48(28-21-42)53(46-16-13-15-35(2)17-24-46)51-40(7)33-45(34-41(51)8)52(9,10)11/h13,15-35,37H,12,14H2,1-11H3. The minimum Gasteiger partial charge on any atom is -0.310 e. The van der Waals surface area contributed by atoms with Crippen LogP contribution in [0.3, 0.4) is 0 Å². The molecule has 5 aromatic carbocycles. The third kappa shape index (κ3) is 8.34. The molecule has 2 atom stereocenters. The van der Waals surface area contributed by atoms with E-state index in [2.05, 4.69) is 213 Å². The maximum Gasteiger partial charge on any atom is 0.0520 e. The molecule has 2 unspecified atom stereocenters. The van der Waals surface area contributed by atoms with Crippen LogP contribution < -0.4 is 9.80 Å². The molecule has 0 aromatic heterocycles. The Morgan fingerprint density at radius 1 is 0.611 bits per heavy atom. The summed E-state index contributed by atoms with van der Waals surface area (Å²) in [5.41, 5.74) is 18.9. The largest absolute Gasteiger partial charge is 0.310 e. The molecular formula is C52H60N2. The maximum absolute atomic E-state index is 2.43. The quantitative estimate of drug-likeness (QED) is 0.142. The second kappa shape index (κ2) is 16.1. The first-order valence-electron chi connectivity index (χ1n) is 19.9. The lowest BCUT2D eigenvalue weighted by Gasteiger charge is -2.31. The Bertz CT molecular complexity index is 2120. The van der Waals surface area contributed by atoms with E-state index in [1.807, 2.05) is 0 Å². The van der Waals surface area contributed by atoms with Crippen molar-refractivity contribution < 1.29 is 0 Å². The molecular weight excluding hydrogens is 653 g/mol. The Hall–Kier alpha value is -5.08. The zero-order chi connectivity index (χ0) is 38.7. The zero-order valence-electron chi connectivity index (χ0n) is 34.6. The van der Waals surface area contributed by atoms with Gasteiger partial charge in [-0.25, -0.2) is 0 Å². The molecule has 0 heterocycles. The van der Waals surface area contributed by atoms with Crippen molar-refractivity contribution in [1.29, 1.82) is 0 Å². The van der Waals surface area contributed by atoms with Crippen LogP contribution in [0, 0.1) is 40.5 Å². The zero-order valence-corrected chi connectivity index (χ0v) is 34.6. The molecule has 0 amide bonds. The summed E-state index contributed by atoms with van der Waals surface area (Å²) in [5.74, 6) is 0.940. The third-order valence-electron chi connectivity index (χ3n) is 11.0. The van der Waals surface area contributed by atoms with Gasteiger partial charge >= 0.3 is 0 Å². The van der Waals surface area contributed by atoms with E-state index in [1.165, 1.54) is 80.0 Å². The molecule has 278 valence electrons. The first-order chi connectivity index (χ1) is 25.7. The molecule has 2 heteroatoms. The number of allylic oxidation sites excluding steroid dienone is 5. The molecule has 0 saturated carbocycles. The van der Waals surface area contributed by atoms with Gasteiger partial charge in [0.1, 0.15) is 0 Å². The van der Waals surface area contributed by atoms with E-state index >= 15 is 0 Å². The molecule has 0 saturated heterocycles. The fourth-order valence-corrected chi connectivity index (χ4v) is 7.93. The number of hydrogen-bond acceptors (Lipinski definition) is 2. The molecule has 0 N–H and O–H groups in total. The van der Waals surface area contributed by atoms with Gasteiger partial charge in [0.2, 0.25) is 0 Å². The number of nitrogens with zero attached hydrogens (tertiary/aromatic N) is 2. The molecule has 0 spiro atoms. The smallest absolute Gasteiger partial charge is 0.0520 e. The van der Waals surface area contributed by atoms with Crippen molar-refractivity contribution in [2.75, 3.05) is 9.80 Å². The molecule has 0 radical (unpaired) electrons. The Kier molecular flexibility index (Phi) is 11.5. The molecule has 54 heavy (non-hydrogen) atoms. The normalized spacial score (nSPS) is 14.8. The molecule has 1 aliphatic rings. The fourth-order valence-electron chi connectivity index (χ4n) is 7.93. The second-order valence-corrected chi connectivity index (χ2v) is 16.7. The van der Waals surface area contributed by atoms with Gasteiger partial charge in [-0.3, -0.25) is 0 Å². The SMILES string of the molecule is CCCC(C)c1cc(C)c(N(c2ccc(C)cc2)c2ccc(-c3ccc(N(C4=CC=CC(C)C=C4)c4c(C)cc(C(C)(C)C)cc4C)cc3)cc2)c(C)c1. The van der Waals surface area contributed by atoms with Gasteiger partial charge < -0.3 is 9.80 Å². The molecule has 5 aromatic rings. The van der Waals surface area contributed by atoms with Crippen LogP contribution in [0.25, 0.3) is 11.1 Å². The predicted octanol–water partition coefficient (Wildman–Crippen LogP) is 15.4. The van der Waals surface area contributed by atoms with Gasteiger partial charge in [-0.2, -0.15) is 0 Å². The molecule has 2 nitrogen and oxygen atoms in total. The van der Waals surface area contributed by atoms with Gasteiger partial charge in [0.25, 0.3) is 0 Å². The summed E-state index contributed by atoms with van der Waals surface area (Å²) in [7, 11) is 0. The summed E-state index contributed by atoms with van der Waals surface area (Å²) in [5, 5.41) is 0. The number of hydrogen-bond donors (Lipinski definition) is 0. The summed E-state index contributed by atoms with van der Waals surface area (Å²) >= 11 is 0. The lowest BCUT2D eigenvalue weighted by molar-refractivity contribution is 0.589. The van der Waals surface area contributed by atoms with Crippen molar-refractivity contribution in [2.45, 2.75) is 100 Å². The number of benzene rings is 5. The van der Waals surface area contributed by atoms with Crippen LogP contribution in [0.5, 0.6) is 0 Å². The number of aryl methyl sites for hydroxylation is 5. The first-order valence-corrected chi connectivity index (χ1v) is 19.9. The number of anilines is 5. The molecule has 1 aliphatic carbocycles. The van der Waals surface area contributed by atoms with Crippen molar-refractivity contribution in [1.82, 2.24) is 0 Å². The lowest BCUT2D eigenvalue weighted by atomic mass is 9.84.